The van der Waals surface area contributed by atoms with Gasteiger partial charge in [0.25, 0.3) is 17.5 Å². The van der Waals surface area contributed by atoms with Gasteiger partial charge in [-0.3, -0.25) is 35.9 Å². The van der Waals surface area contributed by atoms with Crippen molar-refractivity contribution < 1.29 is 19.2 Å². The summed E-state index contributed by atoms with van der Waals surface area (Å²) in [4.78, 5) is 35.3. The summed E-state index contributed by atoms with van der Waals surface area (Å²) in [6.07, 6.45) is 0. The second-order valence-electron chi connectivity index (χ2n) is 6.41. The van der Waals surface area contributed by atoms with E-state index in [1.807, 2.05) is 30.3 Å². The molecule has 9 nitrogen and oxygen atoms in total. The smallest absolute Gasteiger partial charge is 0.282 e. The molecule has 0 unspecified atom stereocenters. The average Bonchev–Trinajstić information content (AvgIpc) is 2.82. The van der Waals surface area contributed by atoms with Crippen LogP contribution in [0.1, 0.15) is 26.3 Å². The van der Waals surface area contributed by atoms with E-state index in [4.69, 9.17) is 17.0 Å². The number of hydrogen-bond acceptors (Lipinski definition) is 6. The zero-order valence-electron chi connectivity index (χ0n) is 16.6. The van der Waals surface area contributed by atoms with Crippen molar-refractivity contribution in [1.29, 1.82) is 0 Å². The van der Waals surface area contributed by atoms with Crippen LogP contribution in [0.25, 0.3) is 0 Å². The Morgan fingerprint density at radius 2 is 1.47 bits per heavy atom. The van der Waals surface area contributed by atoms with E-state index in [0.717, 1.165) is 5.56 Å². The van der Waals surface area contributed by atoms with Gasteiger partial charge in [0.05, 0.1) is 10.5 Å². The van der Waals surface area contributed by atoms with E-state index in [2.05, 4.69) is 16.2 Å². The largest absolute Gasteiger partial charge is 0.488 e. The molecule has 3 N–H and O–H groups in total. The average molecular weight is 450 g/mol. The van der Waals surface area contributed by atoms with Gasteiger partial charge in [-0.1, -0.05) is 54.6 Å². The summed E-state index contributed by atoms with van der Waals surface area (Å²) in [6.45, 7) is 0.281. The van der Waals surface area contributed by atoms with Gasteiger partial charge in [-0.25, -0.2) is 0 Å². The Kier molecular flexibility index (Phi) is 7.44. The Hall–Kier alpha value is -4.31. The normalized spacial score (nSPS) is 10.0. The molecule has 0 aliphatic rings. The molecular weight excluding hydrogens is 432 g/mol. The van der Waals surface area contributed by atoms with E-state index in [1.165, 1.54) is 24.3 Å². The van der Waals surface area contributed by atoms with E-state index in [-0.39, 0.29) is 28.5 Å². The number of thiocarbonyl (C=S) groups is 1. The van der Waals surface area contributed by atoms with Crippen LogP contribution in [-0.4, -0.2) is 21.9 Å². The number of nitro benzene ring substituents is 1. The first-order valence-electron chi connectivity index (χ1n) is 9.36. The van der Waals surface area contributed by atoms with Crippen molar-refractivity contribution in [3.05, 3.63) is 106 Å². The minimum absolute atomic E-state index is 0.160. The molecule has 0 atom stereocenters. The van der Waals surface area contributed by atoms with Crippen molar-refractivity contribution in [3.63, 3.8) is 0 Å². The topological polar surface area (TPSA) is 123 Å². The maximum Gasteiger partial charge on any atom is 0.282 e. The predicted octanol–water partition coefficient (Wildman–Crippen LogP) is 3.12. The highest BCUT2D eigenvalue weighted by Gasteiger charge is 2.20. The van der Waals surface area contributed by atoms with Gasteiger partial charge in [-0.05, 0) is 36.0 Å². The van der Waals surface area contributed by atoms with Crippen LogP contribution in [0, 0.1) is 10.1 Å². The lowest BCUT2D eigenvalue weighted by Crippen LogP contribution is -2.48. The van der Waals surface area contributed by atoms with E-state index in [9.17, 15) is 19.7 Å². The van der Waals surface area contributed by atoms with E-state index in [1.54, 1.807) is 24.3 Å². The molecule has 0 aromatic heterocycles. The third-order valence-electron chi connectivity index (χ3n) is 4.23. The molecule has 3 aromatic rings. The number of rotatable bonds is 6. The minimum Gasteiger partial charge on any atom is -0.488 e. The number of amides is 2. The Morgan fingerprint density at radius 3 is 2.19 bits per heavy atom. The van der Waals surface area contributed by atoms with E-state index in [0.29, 0.717) is 5.75 Å². The summed E-state index contributed by atoms with van der Waals surface area (Å²) in [5, 5.41) is 13.1. The lowest BCUT2D eigenvalue weighted by molar-refractivity contribution is -0.385. The maximum absolute atomic E-state index is 12.6. The highest BCUT2D eigenvalue weighted by Crippen LogP contribution is 2.19. The highest BCUT2D eigenvalue weighted by atomic mass is 32.1. The number of benzene rings is 3. The van der Waals surface area contributed by atoms with Crippen molar-refractivity contribution in [2.75, 3.05) is 0 Å². The monoisotopic (exact) mass is 450 g/mol. The summed E-state index contributed by atoms with van der Waals surface area (Å²) in [6, 6.07) is 21.6. The fourth-order valence-corrected chi connectivity index (χ4v) is 2.87. The molecule has 162 valence electrons. The fraction of sp³-hybridized carbons (Fsp3) is 0.0455. The molecule has 0 fully saturated rings. The summed E-state index contributed by atoms with van der Waals surface area (Å²) < 4.78 is 5.75. The first kappa shape index (κ1) is 22.4. The van der Waals surface area contributed by atoms with Crippen molar-refractivity contribution >= 4 is 34.8 Å². The number of hydrogen-bond donors (Lipinski definition) is 3. The SMILES string of the molecule is O=C(NNC(=S)NC(=O)c1ccccc1[N+](=O)[O-])c1ccccc1OCc1ccccc1. The summed E-state index contributed by atoms with van der Waals surface area (Å²) in [7, 11) is 0. The van der Waals surface area contributed by atoms with Crippen LogP contribution in [0.4, 0.5) is 5.69 Å². The van der Waals surface area contributed by atoms with Crippen molar-refractivity contribution in [3.8, 4) is 5.75 Å². The molecule has 3 aromatic carbocycles. The molecule has 0 saturated heterocycles. The summed E-state index contributed by atoms with van der Waals surface area (Å²) >= 11 is 5.00. The number of carbonyl (C=O) groups excluding carboxylic acids is 2. The van der Waals surface area contributed by atoms with E-state index < -0.39 is 16.7 Å². The van der Waals surface area contributed by atoms with Gasteiger partial charge < -0.3 is 4.74 Å². The number of carbonyl (C=O) groups is 2. The molecule has 0 radical (unpaired) electrons. The molecular formula is C22H18N4O5S. The molecule has 0 aliphatic heterocycles. The maximum atomic E-state index is 12.6. The Morgan fingerprint density at radius 1 is 0.844 bits per heavy atom. The van der Waals surface area contributed by atoms with Crippen LogP contribution in [0.15, 0.2) is 78.9 Å². The number of nitrogens with one attached hydrogen (secondary N) is 3. The zero-order chi connectivity index (χ0) is 22.9. The molecule has 10 heteroatoms. The number of para-hydroxylation sites is 2. The van der Waals surface area contributed by atoms with Crippen molar-refractivity contribution in [2.24, 2.45) is 0 Å². The second-order valence-corrected chi connectivity index (χ2v) is 6.82. The van der Waals surface area contributed by atoms with Gasteiger partial charge >= 0.3 is 0 Å². The number of ether oxygens (including phenoxy) is 1. The lowest BCUT2D eigenvalue weighted by Gasteiger charge is -2.13. The van der Waals surface area contributed by atoms with Crippen LogP contribution in [0.5, 0.6) is 5.75 Å². The van der Waals surface area contributed by atoms with Crippen LogP contribution < -0.4 is 20.9 Å². The molecule has 0 bridgehead atoms. The molecule has 32 heavy (non-hydrogen) atoms. The number of nitro groups is 1. The minimum atomic E-state index is -0.782. The third-order valence-corrected chi connectivity index (χ3v) is 4.43. The lowest BCUT2D eigenvalue weighted by atomic mass is 10.1. The second kappa shape index (κ2) is 10.6. The molecule has 0 heterocycles. The first-order valence-corrected chi connectivity index (χ1v) is 9.77. The number of hydrazine groups is 1. The zero-order valence-corrected chi connectivity index (χ0v) is 17.4. The Labute approximate surface area is 188 Å². The molecule has 2 amide bonds. The molecule has 0 saturated carbocycles. The van der Waals surface area contributed by atoms with Crippen LogP contribution >= 0.6 is 12.2 Å². The van der Waals surface area contributed by atoms with Gasteiger partial charge in [-0.15, -0.1) is 0 Å². The predicted molar refractivity (Wildman–Crippen MR) is 121 cm³/mol. The standard InChI is InChI=1S/C22H18N4O5S/c27-20(16-10-4-6-12-18(16)26(29)30)23-22(32)25-24-21(28)17-11-5-7-13-19(17)31-14-15-8-2-1-3-9-15/h1-13H,14H2,(H,24,28)(H2,23,25,27,32). The van der Waals surface area contributed by atoms with Gasteiger partial charge in [-0.2, -0.15) is 0 Å². The molecule has 0 aliphatic carbocycles. The van der Waals surface area contributed by atoms with Crippen LogP contribution in [-0.2, 0) is 6.61 Å². The molecule has 0 spiro atoms. The molecule has 3 rings (SSSR count). The van der Waals surface area contributed by atoms with Crippen LogP contribution in [0.2, 0.25) is 0 Å². The van der Waals surface area contributed by atoms with Crippen LogP contribution in [0.3, 0.4) is 0 Å². The third kappa shape index (κ3) is 5.86. The Bertz CT molecular complexity index is 1150. The highest BCUT2D eigenvalue weighted by molar-refractivity contribution is 7.80. The van der Waals surface area contributed by atoms with E-state index >= 15 is 0 Å². The Balaban J connectivity index is 1.58. The van der Waals surface area contributed by atoms with Gasteiger partial charge in [0.1, 0.15) is 17.9 Å². The summed E-state index contributed by atoms with van der Waals surface area (Å²) in [5.41, 5.74) is 5.46. The van der Waals surface area contributed by atoms with Gasteiger partial charge in [0.15, 0.2) is 5.11 Å². The fourth-order valence-electron chi connectivity index (χ4n) is 2.72. The quantitative estimate of drug-likeness (QED) is 0.300. The van der Waals surface area contributed by atoms with Gasteiger partial charge in [0.2, 0.25) is 0 Å². The first-order chi connectivity index (χ1) is 15.5. The summed E-state index contributed by atoms with van der Waals surface area (Å²) in [5.74, 6) is -0.961. The number of nitrogens with zero attached hydrogens (tertiary/aromatic N) is 1. The van der Waals surface area contributed by atoms with Crippen molar-refractivity contribution in [1.82, 2.24) is 16.2 Å². The van der Waals surface area contributed by atoms with Gasteiger partial charge in [0, 0.05) is 6.07 Å². The van der Waals surface area contributed by atoms with Crippen molar-refractivity contribution in [2.45, 2.75) is 6.61 Å².